The minimum Gasteiger partial charge on any atom is -0.486 e. The molecule has 0 spiro atoms. The fourth-order valence-corrected chi connectivity index (χ4v) is 3.17. The summed E-state index contributed by atoms with van der Waals surface area (Å²) in [7, 11) is 0. The van der Waals surface area contributed by atoms with Crippen LogP contribution in [-0.2, 0) is 20.8 Å². The first kappa shape index (κ1) is 19.9. The lowest BCUT2D eigenvalue weighted by Crippen LogP contribution is -2.33. The van der Waals surface area contributed by atoms with E-state index < -0.39 is 5.97 Å². The second kappa shape index (κ2) is 8.93. The van der Waals surface area contributed by atoms with Crippen LogP contribution in [0.2, 0.25) is 0 Å². The molecule has 0 N–H and O–H groups in total. The monoisotopic (exact) mass is 387 g/mol. The third kappa shape index (κ3) is 4.54. The van der Waals surface area contributed by atoms with Gasteiger partial charge < -0.3 is 23.5 Å². The van der Waals surface area contributed by atoms with Gasteiger partial charge in [0.25, 0.3) is 0 Å². The van der Waals surface area contributed by atoms with Gasteiger partial charge in [0, 0.05) is 23.6 Å². The van der Waals surface area contributed by atoms with Crippen molar-refractivity contribution in [3.8, 4) is 11.5 Å². The Bertz CT molecular complexity index is 857. The second-order valence-electron chi connectivity index (χ2n) is 6.61. The van der Waals surface area contributed by atoms with E-state index in [2.05, 4.69) is 0 Å². The SMILES string of the molecule is CCOCC(=O)OCC(=O)c1cc(C)n(CC2COc3ccccc3O2)c1C. The van der Waals surface area contributed by atoms with Crippen LogP contribution in [0, 0.1) is 13.8 Å². The number of benzene rings is 1. The molecule has 150 valence electrons. The van der Waals surface area contributed by atoms with Gasteiger partial charge in [-0.2, -0.15) is 0 Å². The predicted molar refractivity (Wildman–Crippen MR) is 102 cm³/mol. The van der Waals surface area contributed by atoms with E-state index in [1.165, 1.54) is 0 Å². The lowest BCUT2D eigenvalue weighted by atomic mass is 10.1. The second-order valence-corrected chi connectivity index (χ2v) is 6.61. The van der Waals surface area contributed by atoms with E-state index >= 15 is 0 Å². The number of hydrogen-bond donors (Lipinski definition) is 0. The van der Waals surface area contributed by atoms with Crippen LogP contribution in [0.5, 0.6) is 11.5 Å². The Morgan fingerprint density at radius 3 is 2.68 bits per heavy atom. The number of aromatic nitrogens is 1. The van der Waals surface area contributed by atoms with Crippen LogP contribution >= 0.6 is 0 Å². The fraction of sp³-hybridized carbons (Fsp3) is 0.429. The van der Waals surface area contributed by atoms with Gasteiger partial charge in [0.05, 0.1) is 6.54 Å². The molecule has 0 radical (unpaired) electrons. The highest BCUT2D eigenvalue weighted by molar-refractivity contribution is 5.99. The van der Waals surface area contributed by atoms with E-state index in [4.69, 9.17) is 18.9 Å². The smallest absolute Gasteiger partial charge is 0.332 e. The molecule has 1 aliphatic rings. The van der Waals surface area contributed by atoms with Crippen LogP contribution in [0.1, 0.15) is 28.7 Å². The van der Waals surface area contributed by atoms with Gasteiger partial charge >= 0.3 is 5.97 Å². The summed E-state index contributed by atoms with van der Waals surface area (Å²) in [6.45, 7) is 6.56. The van der Waals surface area contributed by atoms with Crippen molar-refractivity contribution >= 4 is 11.8 Å². The molecule has 3 rings (SSSR count). The first-order valence-corrected chi connectivity index (χ1v) is 9.31. The van der Waals surface area contributed by atoms with Gasteiger partial charge in [-0.1, -0.05) is 12.1 Å². The highest BCUT2D eigenvalue weighted by Gasteiger charge is 2.24. The number of carbonyl (C=O) groups is 2. The minimum atomic E-state index is -0.546. The number of ether oxygens (including phenoxy) is 4. The van der Waals surface area contributed by atoms with E-state index in [0.717, 1.165) is 22.9 Å². The van der Waals surface area contributed by atoms with Gasteiger partial charge in [0.2, 0.25) is 5.78 Å². The van der Waals surface area contributed by atoms with Gasteiger partial charge in [-0.15, -0.1) is 0 Å². The maximum atomic E-state index is 12.5. The van der Waals surface area contributed by atoms with Crippen LogP contribution in [0.25, 0.3) is 0 Å². The molecule has 0 saturated carbocycles. The van der Waals surface area contributed by atoms with Crippen molar-refractivity contribution in [2.24, 2.45) is 0 Å². The fourth-order valence-electron chi connectivity index (χ4n) is 3.17. The highest BCUT2D eigenvalue weighted by Crippen LogP contribution is 2.31. The molecule has 1 aromatic heterocycles. The van der Waals surface area contributed by atoms with Crippen LogP contribution in [0.4, 0.5) is 0 Å². The molecule has 1 unspecified atom stereocenters. The van der Waals surface area contributed by atoms with Crippen molar-refractivity contribution in [2.75, 3.05) is 26.4 Å². The Kier molecular flexibility index (Phi) is 6.36. The average Bonchev–Trinajstić information content (AvgIpc) is 2.98. The van der Waals surface area contributed by atoms with E-state index in [9.17, 15) is 9.59 Å². The molecule has 1 aliphatic heterocycles. The Labute approximate surface area is 164 Å². The molecule has 2 heterocycles. The van der Waals surface area contributed by atoms with Crippen molar-refractivity contribution in [1.29, 1.82) is 0 Å². The summed E-state index contributed by atoms with van der Waals surface area (Å²) in [5.74, 6) is 0.675. The third-order valence-corrected chi connectivity index (χ3v) is 4.62. The Morgan fingerprint density at radius 2 is 1.93 bits per heavy atom. The molecule has 0 bridgehead atoms. The van der Waals surface area contributed by atoms with Crippen molar-refractivity contribution in [3.63, 3.8) is 0 Å². The Balaban J connectivity index is 1.64. The zero-order valence-corrected chi connectivity index (χ0v) is 16.4. The van der Waals surface area contributed by atoms with Gasteiger partial charge in [-0.3, -0.25) is 4.79 Å². The lowest BCUT2D eigenvalue weighted by molar-refractivity contribution is -0.147. The summed E-state index contributed by atoms with van der Waals surface area (Å²) in [6.07, 6.45) is -0.160. The van der Waals surface area contributed by atoms with E-state index in [1.807, 2.05) is 48.7 Å². The molecule has 28 heavy (non-hydrogen) atoms. The number of esters is 1. The van der Waals surface area contributed by atoms with E-state index in [1.54, 1.807) is 6.92 Å². The molecule has 1 aromatic carbocycles. The van der Waals surface area contributed by atoms with E-state index in [-0.39, 0.29) is 25.1 Å². The summed E-state index contributed by atoms with van der Waals surface area (Å²) >= 11 is 0. The zero-order valence-electron chi connectivity index (χ0n) is 16.4. The number of nitrogens with zero attached hydrogens (tertiary/aromatic N) is 1. The highest BCUT2D eigenvalue weighted by atomic mass is 16.6. The quantitative estimate of drug-likeness (QED) is 0.512. The molecule has 0 saturated heterocycles. The van der Waals surface area contributed by atoms with Crippen LogP contribution in [0.15, 0.2) is 30.3 Å². The molecule has 0 fully saturated rings. The van der Waals surface area contributed by atoms with E-state index in [0.29, 0.717) is 25.3 Å². The molecule has 0 amide bonds. The van der Waals surface area contributed by atoms with Crippen LogP contribution < -0.4 is 9.47 Å². The normalized spacial score (nSPS) is 15.3. The number of para-hydroxylation sites is 2. The summed E-state index contributed by atoms with van der Waals surface area (Å²) < 4.78 is 23.8. The van der Waals surface area contributed by atoms with Gasteiger partial charge in [-0.05, 0) is 39.0 Å². The summed E-state index contributed by atoms with van der Waals surface area (Å²) in [5, 5.41) is 0. The molecular formula is C21H25NO6. The maximum Gasteiger partial charge on any atom is 0.332 e. The minimum absolute atomic E-state index is 0.150. The summed E-state index contributed by atoms with van der Waals surface area (Å²) in [6, 6.07) is 9.37. The topological polar surface area (TPSA) is 76.0 Å². The summed E-state index contributed by atoms with van der Waals surface area (Å²) in [4.78, 5) is 24.0. The zero-order chi connectivity index (χ0) is 20.1. The molecular weight excluding hydrogens is 362 g/mol. The predicted octanol–water partition coefficient (Wildman–Crippen LogP) is 2.71. The van der Waals surface area contributed by atoms with Crippen molar-refractivity contribution in [2.45, 2.75) is 33.4 Å². The first-order valence-electron chi connectivity index (χ1n) is 9.31. The van der Waals surface area contributed by atoms with Gasteiger partial charge in [-0.25, -0.2) is 4.79 Å². The standard InChI is InChI=1S/C21H25NO6/c1-4-25-13-21(24)27-12-18(23)17-9-14(2)22(15(17)3)10-16-11-26-19-7-5-6-8-20(19)28-16/h5-9,16H,4,10-13H2,1-3H3. The van der Waals surface area contributed by atoms with Crippen LogP contribution in [-0.4, -0.2) is 48.9 Å². The van der Waals surface area contributed by atoms with Crippen molar-refractivity contribution in [1.82, 2.24) is 4.57 Å². The molecule has 0 aliphatic carbocycles. The number of carbonyl (C=O) groups excluding carboxylic acids is 2. The number of aryl methyl sites for hydroxylation is 1. The Morgan fingerprint density at radius 1 is 1.18 bits per heavy atom. The molecule has 7 heteroatoms. The molecule has 1 atom stereocenters. The maximum absolute atomic E-state index is 12.5. The summed E-state index contributed by atoms with van der Waals surface area (Å²) in [5.41, 5.74) is 2.29. The van der Waals surface area contributed by atoms with Crippen molar-refractivity contribution < 1.29 is 28.5 Å². The van der Waals surface area contributed by atoms with Crippen LogP contribution in [0.3, 0.4) is 0 Å². The number of rotatable bonds is 8. The Hall–Kier alpha value is -2.80. The lowest BCUT2D eigenvalue weighted by Gasteiger charge is -2.27. The number of fused-ring (bicyclic) bond motifs is 1. The van der Waals surface area contributed by atoms with Crippen molar-refractivity contribution in [3.05, 3.63) is 47.3 Å². The van der Waals surface area contributed by atoms with Gasteiger partial charge in [0.15, 0.2) is 24.2 Å². The number of hydrogen-bond acceptors (Lipinski definition) is 6. The third-order valence-electron chi connectivity index (χ3n) is 4.62. The molecule has 7 nitrogen and oxygen atoms in total. The largest absolute Gasteiger partial charge is 0.486 e. The number of ketones is 1. The first-order chi connectivity index (χ1) is 13.5. The number of Topliss-reactive ketones (excluding diaryl/α,β-unsaturated/α-hetero) is 1. The average molecular weight is 387 g/mol. The molecule has 2 aromatic rings. The van der Waals surface area contributed by atoms with Gasteiger partial charge in [0.1, 0.15) is 13.2 Å².